The van der Waals surface area contributed by atoms with Gasteiger partial charge in [0.2, 0.25) is 0 Å². The van der Waals surface area contributed by atoms with Gasteiger partial charge in [-0.3, -0.25) is 4.79 Å². The molecule has 0 spiro atoms. The highest BCUT2D eigenvalue weighted by Gasteiger charge is 2.34. The van der Waals surface area contributed by atoms with Gasteiger partial charge in [0.05, 0.1) is 5.56 Å². The lowest BCUT2D eigenvalue weighted by Crippen LogP contribution is -2.25. The maximum atomic E-state index is 13.6. The van der Waals surface area contributed by atoms with Crippen molar-refractivity contribution in [3.63, 3.8) is 0 Å². The number of nitrogens with zero attached hydrogens (tertiary/aromatic N) is 1. The highest BCUT2D eigenvalue weighted by Crippen LogP contribution is 2.33. The summed E-state index contributed by atoms with van der Waals surface area (Å²) in [5.41, 5.74) is 0.710. The number of alkyl halides is 2. The first-order valence-electron chi connectivity index (χ1n) is 6.17. The van der Waals surface area contributed by atoms with E-state index in [1.54, 1.807) is 18.0 Å². The summed E-state index contributed by atoms with van der Waals surface area (Å²) in [6.07, 6.45) is 1.31. The zero-order valence-electron chi connectivity index (χ0n) is 11.3. The van der Waals surface area contributed by atoms with Crippen LogP contribution in [-0.4, -0.2) is 26.2 Å². The lowest BCUT2D eigenvalue weighted by molar-refractivity contribution is -0.130. The number of carbonyl (C=O) groups excluding carboxylic acids is 2. The van der Waals surface area contributed by atoms with Gasteiger partial charge < -0.3 is 9.69 Å². The van der Waals surface area contributed by atoms with E-state index in [1.807, 2.05) is 0 Å². The molecule has 5 heteroatoms. The fourth-order valence-corrected chi connectivity index (χ4v) is 1.91. The Hall–Kier alpha value is -2.04. The zero-order valence-corrected chi connectivity index (χ0v) is 11.3. The number of para-hydroxylation sites is 1. The number of anilines is 1. The molecule has 0 aliphatic carbocycles. The molecule has 0 aromatic heterocycles. The maximum Gasteiger partial charge on any atom is 0.329 e. The summed E-state index contributed by atoms with van der Waals surface area (Å²) in [5.74, 6) is -3.52. The number of hydrogen-bond donors (Lipinski definition) is 0. The van der Waals surface area contributed by atoms with Crippen LogP contribution < -0.4 is 4.90 Å². The number of carbonyl (C=O) groups is 2. The minimum absolute atomic E-state index is 0.275. The third-order valence-corrected chi connectivity index (χ3v) is 2.90. The predicted octanol–water partition coefficient (Wildman–Crippen LogP) is 2.95. The molecule has 0 aliphatic heterocycles. The van der Waals surface area contributed by atoms with Gasteiger partial charge in [-0.05, 0) is 12.5 Å². The Bertz CT molecular complexity index is 500. The molecule has 0 heterocycles. The van der Waals surface area contributed by atoms with E-state index >= 15 is 0 Å². The first kappa shape index (κ1) is 16.0. The van der Waals surface area contributed by atoms with Crippen LogP contribution in [0.3, 0.4) is 0 Å². The van der Waals surface area contributed by atoms with E-state index in [9.17, 15) is 18.4 Å². The number of rotatable bonds is 8. The number of benzene rings is 1. The van der Waals surface area contributed by atoms with Gasteiger partial charge in [0.15, 0.2) is 6.29 Å². The lowest BCUT2D eigenvalue weighted by atomic mass is 10.1. The molecule has 1 aromatic carbocycles. The Kier molecular flexibility index (Phi) is 5.55. The van der Waals surface area contributed by atoms with Crippen molar-refractivity contribution >= 4 is 18.3 Å². The van der Waals surface area contributed by atoms with Crippen molar-refractivity contribution in [1.82, 2.24) is 0 Å². The quantitative estimate of drug-likeness (QED) is 0.543. The standard InChI is InChI=1S/C15H17F2NO2/c1-12(6-5-9-19)10-18(2)14-8-4-3-7-13(14)15(16,17)11-20/h3-4,7-9,11H,1,5-6,10H2,2H3. The van der Waals surface area contributed by atoms with Crippen LogP contribution in [-0.2, 0) is 15.5 Å². The van der Waals surface area contributed by atoms with E-state index in [0.717, 1.165) is 11.9 Å². The smallest absolute Gasteiger partial charge is 0.329 e. The van der Waals surface area contributed by atoms with Crippen molar-refractivity contribution in [3.05, 3.63) is 42.0 Å². The van der Waals surface area contributed by atoms with Gasteiger partial charge >= 0.3 is 5.92 Å². The predicted molar refractivity (Wildman–Crippen MR) is 74.1 cm³/mol. The Balaban J connectivity index is 2.93. The second-order valence-corrected chi connectivity index (χ2v) is 4.57. The van der Waals surface area contributed by atoms with E-state index in [1.165, 1.54) is 18.2 Å². The normalized spacial score (nSPS) is 10.9. The summed E-state index contributed by atoms with van der Waals surface area (Å²) in [7, 11) is 1.64. The minimum Gasteiger partial charge on any atom is -0.370 e. The van der Waals surface area contributed by atoms with Crippen LogP contribution in [0.25, 0.3) is 0 Å². The summed E-state index contributed by atoms with van der Waals surface area (Å²) >= 11 is 0. The molecular formula is C15H17F2NO2. The maximum absolute atomic E-state index is 13.6. The molecular weight excluding hydrogens is 264 g/mol. The largest absolute Gasteiger partial charge is 0.370 e. The van der Waals surface area contributed by atoms with Crippen LogP contribution in [0.15, 0.2) is 36.4 Å². The topological polar surface area (TPSA) is 37.4 Å². The molecule has 0 saturated carbocycles. The Morgan fingerprint density at radius 1 is 1.35 bits per heavy atom. The average molecular weight is 281 g/mol. The van der Waals surface area contributed by atoms with Gasteiger partial charge in [0.25, 0.3) is 0 Å². The zero-order chi connectivity index (χ0) is 15.2. The first-order chi connectivity index (χ1) is 9.42. The summed E-state index contributed by atoms with van der Waals surface area (Å²) in [6, 6.07) is 5.85. The molecule has 0 atom stereocenters. The molecule has 0 unspecified atom stereocenters. The Morgan fingerprint density at radius 3 is 2.60 bits per heavy atom. The number of likely N-dealkylation sites (N-methyl/N-ethyl adjacent to an activating group) is 1. The van der Waals surface area contributed by atoms with E-state index in [4.69, 9.17) is 0 Å². The molecule has 0 saturated heterocycles. The van der Waals surface area contributed by atoms with Crippen LogP contribution in [0.4, 0.5) is 14.5 Å². The number of halogens is 2. The van der Waals surface area contributed by atoms with Gasteiger partial charge in [-0.2, -0.15) is 8.78 Å². The first-order valence-corrected chi connectivity index (χ1v) is 6.17. The van der Waals surface area contributed by atoms with Crippen LogP contribution in [0.5, 0.6) is 0 Å². The SMILES string of the molecule is C=C(CCC=O)CN(C)c1ccccc1C(F)(F)C=O. The third kappa shape index (κ3) is 3.98. The molecule has 0 bridgehead atoms. The molecule has 20 heavy (non-hydrogen) atoms. The molecule has 0 N–H and O–H groups in total. The second-order valence-electron chi connectivity index (χ2n) is 4.57. The van der Waals surface area contributed by atoms with E-state index < -0.39 is 5.92 Å². The van der Waals surface area contributed by atoms with Crippen LogP contribution in [0, 0.1) is 0 Å². The van der Waals surface area contributed by atoms with Crippen molar-refractivity contribution in [2.75, 3.05) is 18.5 Å². The van der Waals surface area contributed by atoms with Crippen molar-refractivity contribution in [2.24, 2.45) is 0 Å². The van der Waals surface area contributed by atoms with Crippen molar-refractivity contribution < 1.29 is 18.4 Å². The second kappa shape index (κ2) is 6.93. The van der Waals surface area contributed by atoms with Crippen LogP contribution in [0.2, 0.25) is 0 Å². The monoisotopic (exact) mass is 281 g/mol. The summed E-state index contributed by atoms with van der Waals surface area (Å²) in [4.78, 5) is 22.4. The van der Waals surface area contributed by atoms with Gasteiger partial charge in [0, 0.05) is 25.7 Å². The van der Waals surface area contributed by atoms with E-state index in [0.29, 0.717) is 19.4 Å². The molecule has 0 amide bonds. The molecule has 3 nitrogen and oxygen atoms in total. The molecule has 0 aliphatic rings. The van der Waals surface area contributed by atoms with Gasteiger partial charge in [-0.25, -0.2) is 0 Å². The summed E-state index contributed by atoms with van der Waals surface area (Å²) in [6.45, 7) is 4.16. The van der Waals surface area contributed by atoms with E-state index in [2.05, 4.69) is 6.58 Å². The van der Waals surface area contributed by atoms with Gasteiger partial charge in [-0.15, -0.1) is 0 Å². The highest BCUT2D eigenvalue weighted by molar-refractivity contribution is 5.70. The molecule has 108 valence electrons. The van der Waals surface area contributed by atoms with Crippen molar-refractivity contribution in [3.8, 4) is 0 Å². The lowest BCUT2D eigenvalue weighted by Gasteiger charge is -2.25. The Morgan fingerprint density at radius 2 is 2.00 bits per heavy atom. The van der Waals surface area contributed by atoms with Crippen molar-refractivity contribution in [2.45, 2.75) is 18.8 Å². The van der Waals surface area contributed by atoms with Gasteiger partial charge in [-0.1, -0.05) is 30.4 Å². The van der Waals surface area contributed by atoms with Crippen molar-refractivity contribution in [1.29, 1.82) is 0 Å². The molecule has 0 fully saturated rings. The highest BCUT2D eigenvalue weighted by atomic mass is 19.3. The molecule has 1 aromatic rings. The fourth-order valence-electron chi connectivity index (χ4n) is 1.91. The minimum atomic E-state index is -3.52. The molecule has 1 rings (SSSR count). The number of hydrogen-bond acceptors (Lipinski definition) is 3. The van der Waals surface area contributed by atoms with Crippen LogP contribution >= 0.6 is 0 Å². The summed E-state index contributed by atoms with van der Waals surface area (Å²) in [5, 5.41) is 0. The summed E-state index contributed by atoms with van der Waals surface area (Å²) < 4.78 is 27.2. The average Bonchev–Trinajstić information content (AvgIpc) is 2.45. The van der Waals surface area contributed by atoms with E-state index in [-0.39, 0.29) is 17.5 Å². The van der Waals surface area contributed by atoms with Crippen LogP contribution in [0.1, 0.15) is 18.4 Å². The van der Waals surface area contributed by atoms with Gasteiger partial charge in [0.1, 0.15) is 6.29 Å². The number of aldehydes is 2. The third-order valence-electron chi connectivity index (χ3n) is 2.90. The molecule has 0 radical (unpaired) electrons. The fraction of sp³-hybridized carbons (Fsp3) is 0.333. The Labute approximate surface area is 116 Å².